The number of amides is 3. The van der Waals surface area contributed by atoms with Gasteiger partial charge in [0.05, 0.1) is 18.4 Å². The van der Waals surface area contributed by atoms with Crippen molar-refractivity contribution in [2.24, 2.45) is 0 Å². The predicted octanol–water partition coefficient (Wildman–Crippen LogP) is 2.48. The molecule has 3 rings (SSSR count). The molecular formula is C20H19N3O4. The molecule has 27 heavy (non-hydrogen) atoms. The van der Waals surface area contributed by atoms with Gasteiger partial charge in [-0.3, -0.25) is 19.3 Å². The minimum Gasteiger partial charge on any atom is -0.495 e. The summed E-state index contributed by atoms with van der Waals surface area (Å²) in [6, 6.07) is 13.9. The van der Waals surface area contributed by atoms with E-state index in [-0.39, 0.29) is 17.2 Å². The van der Waals surface area contributed by atoms with Crippen LogP contribution >= 0.6 is 0 Å². The SMILES string of the molecule is COc1ccccc1NC1=C(c2ccc(NC(C)=O)cc2)C(=O)N(C)C1=O. The molecule has 7 heteroatoms. The highest BCUT2D eigenvalue weighted by Crippen LogP contribution is 2.32. The minimum absolute atomic E-state index is 0.180. The summed E-state index contributed by atoms with van der Waals surface area (Å²) in [4.78, 5) is 37.5. The zero-order valence-electron chi connectivity index (χ0n) is 15.2. The lowest BCUT2D eigenvalue weighted by Gasteiger charge is -2.12. The quantitative estimate of drug-likeness (QED) is 0.795. The van der Waals surface area contributed by atoms with Gasteiger partial charge in [0.2, 0.25) is 5.91 Å². The highest BCUT2D eigenvalue weighted by molar-refractivity contribution is 6.36. The molecular weight excluding hydrogens is 346 g/mol. The second-order valence-electron chi connectivity index (χ2n) is 6.00. The minimum atomic E-state index is -0.424. The van der Waals surface area contributed by atoms with Crippen LogP contribution in [0.5, 0.6) is 5.75 Å². The summed E-state index contributed by atoms with van der Waals surface area (Å²) in [5, 5.41) is 5.71. The average molecular weight is 365 g/mol. The molecule has 0 saturated carbocycles. The first kappa shape index (κ1) is 18.2. The molecule has 7 nitrogen and oxygen atoms in total. The van der Waals surface area contributed by atoms with E-state index in [9.17, 15) is 14.4 Å². The fraction of sp³-hybridized carbons (Fsp3) is 0.150. The van der Waals surface area contributed by atoms with Crippen LogP contribution < -0.4 is 15.4 Å². The highest BCUT2D eigenvalue weighted by Gasteiger charge is 2.37. The Bertz CT molecular complexity index is 948. The number of hydrogen-bond acceptors (Lipinski definition) is 5. The maximum Gasteiger partial charge on any atom is 0.277 e. The number of methoxy groups -OCH3 is 1. The van der Waals surface area contributed by atoms with E-state index in [2.05, 4.69) is 10.6 Å². The number of carbonyl (C=O) groups is 3. The zero-order valence-corrected chi connectivity index (χ0v) is 15.2. The molecule has 2 aromatic carbocycles. The van der Waals surface area contributed by atoms with Gasteiger partial charge >= 0.3 is 0 Å². The molecule has 2 N–H and O–H groups in total. The van der Waals surface area contributed by atoms with Gasteiger partial charge in [-0.25, -0.2) is 0 Å². The summed E-state index contributed by atoms with van der Waals surface area (Å²) in [6.07, 6.45) is 0. The van der Waals surface area contributed by atoms with Crippen LogP contribution in [0.15, 0.2) is 54.2 Å². The summed E-state index contributed by atoms with van der Waals surface area (Å²) in [5.41, 5.74) is 2.21. The largest absolute Gasteiger partial charge is 0.495 e. The monoisotopic (exact) mass is 365 g/mol. The van der Waals surface area contributed by atoms with Crippen LogP contribution in [0.1, 0.15) is 12.5 Å². The first-order valence-electron chi connectivity index (χ1n) is 8.27. The third-order valence-corrected chi connectivity index (χ3v) is 4.15. The molecule has 1 heterocycles. The molecule has 0 saturated heterocycles. The zero-order chi connectivity index (χ0) is 19.6. The van der Waals surface area contributed by atoms with Gasteiger partial charge in [-0.05, 0) is 29.8 Å². The van der Waals surface area contributed by atoms with Crippen molar-refractivity contribution in [1.29, 1.82) is 0 Å². The maximum absolute atomic E-state index is 12.6. The number of carbonyl (C=O) groups excluding carboxylic acids is 3. The second-order valence-corrected chi connectivity index (χ2v) is 6.00. The first-order chi connectivity index (χ1) is 12.9. The third-order valence-electron chi connectivity index (χ3n) is 4.15. The van der Waals surface area contributed by atoms with Crippen LogP contribution in [0.4, 0.5) is 11.4 Å². The van der Waals surface area contributed by atoms with Crippen LogP contribution in [0.25, 0.3) is 5.57 Å². The van der Waals surface area contributed by atoms with Crippen molar-refractivity contribution in [3.05, 3.63) is 59.8 Å². The predicted molar refractivity (Wildman–Crippen MR) is 102 cm³/mol. The Morgan fingerprint density at radius 1 is 1.00 bits per heavy atom. The number of imide groups is 1. The Labute approximate surface area is 156 Å². The summed E-state index contributed by atoms with van der Waals surface area (Å²) in [6.45, 7) is 1.42. The van der Waals surface area contributed by atoms with E-state index >= 15 is 0 Å². The fourth-order valence-corrected chi connectivity index (χ4v) is 2.83. The number of likely N-dealkylation sites (N-methyl/N-ethyl adjacent to an activating group) is 1. The Morgan fingerprint density at radius 2 is 1.67 bits per heavy atom. The lowest BCUT2D eigenvalue weighted by atomic mass is 10.0. The van der Waals surface area contributed by atoms with Gasteiger partial charge in [0.1, 0.15) is 11.4 Å². The molecule has 0 fully saturated rings. The molecule has 0 radical (unpaired) electrons. The smallest absolute Gasteiger partial charge is 0.277 e. The van der Waals surface area contributed by atoms with Crippen molar-refractivity contribution in [3.8, 4) is 5.75 Å². The molecule has 3 amide bonds. The Hall–Kier alpha value is -3.61. The summed E-state index contributed by atoms with van der Waals surface area (Å²) >= 11 is 0. The van der Waals surface area contributed by atoms with Crippen LogP contribution in [-0.2, 0) is 14.4 Å². The molecule has 2 aromatic rings. The number of nitrogens with one attached hydrogen (secondary N) is 2. The number of nitrogens with zero attached hydrogens (tertiary/aromatic N) is 1. The van der Waals surface area contributed by atoms with Crippen molar-refractivity contribution >= 4 is 34.7 Å². The number of rotatable bonds is 5. The lowest BCUT2D eigenvalue weighted by molar-refractivity contribution is -0.135. The molecule has 0 bridgehead atoms. The first-order valence-corrected chi connectivity index (χ1v) is 8.27. The number of para-hydroxylation sites is 2. The van der Waals surface area contributed by atoms with Crippen LogP contribution in [0.3, 0.4) is 0 Å². The summed E-state index contributed by atoms with van der Waals surface area (Å²) in [7, 11) is 2.97. The van der Waals surface area contributed by atoms with E-state index < -0.39 is 11.8 Å². The van der Waals surface area contributed by atoms with E-state index in [0.717, 1.165) is 4.90 Å². The van der Waals surface area contributed by atoms with Gasteiger partial charge < -0.3 is 15.4 Å². The third kappa shape index (κ3) is 3.52. The number of anilines is 2. The van der Waals surface area contributed by atoms with Gasteiger partial charge in [-0.2, -0.15) is 0 Å². The normalized spacial score (nSPS) is 13.8. The molecule has 0 unspecified atom stereocenters. The number of hydrogen-bond donors (Lipinski definition) is 2. The summed E-state index contributed by atoms with van der Waals surface area (Å²) < 4.78 is 5.30. The van der Waals surface area contributed by atoms with E-state index in [1.807, 2.05) is 6.07 Å². The Balaban J connectivity index is 2.03. The van der Waals surface area contributed by atoms with Gasteiger partial charge in [-0.15, -0.1) is 0 Å². The molecule has 0 spiro atoms. The molecule has 1 aliphatic heterocycles. The summed E-state index contributed by atoms with van der Waals surface area (Å²) in [5.74, 6) is -0.455. The Kier molecular flexibility index (Phi) is 4.94. The topological polar surface area (TPSA) is 87.7 Å². The van der Waals surface area contributed by atoms with Crippen molar-refractivity contribution < 1.29 is 19.1 Å². The van der Waals surface area contributed by atoms with Crippen LogP contribution in [-0.4, -0.2) is 36.8 Å². The molecule has 1 aliphatic rings. The van der Waals surface area contributed by atoms with E-state index in [1.54, 1.807) is 42.5 Å². The fourth-order valence-electron chi connectivity index (χ4n) is 2.83. The molecule has 0 aliphatic carbocycles. The average Bonchev–Trinajstić information content (AvgIpc) is 2.86. The molecule has 0 aromatic heterocycles. The molecule has 0 atom stereocenters. The Morgan fingerprint density at radius 3 is 2.30 bits per heavy atom. The van der Waals surface area contributed by atoms with Crippen molar-refractivity contribution in [3.63, 3.8) is 0 Å². The maximum atomic E-state index is 12.6. The van der Waals surface area contributed by atoms with Crippen molar-refractivity contribution in [1.82, 2.24) is 4.90 Å². The van der Waals surface area contributed by atoms with Gasteiger partial charge in [0, 0.05) is 19.7 Å². The van der Waals surface area contributed by atoms with Gasteiger partial charge in [0.25, 0.3) is 11.8 Å². The van der Waals surface area contributed by atoms with E-state index in [4.69, 9.17) is 4.74 Å². The van der Waals surface area contributed by atoms with Gasteiger partial charge in [-0.1, -0.05) is 24.3 Å². The number of ether oxygens (including phenoxy) is 1. The second kappa shape index (κ2) is 7.33. The lowest BCUT2D eigenvalue weighted by Crippen LogP contribution is -2.27. The van der Waals surface area contributed by atoms with Crippen molar-refractivity contribution in [2.45, 2.75) is 6.92 Å². The highest BCUT2D eigenvalue weighted by atomic mass is 16.5. The van der Waals surface area contributed by atoms with E-state index in [1.165, 1.54) is 21.1 Å². The van der Waals surface area contributed by atoms with Crippen molar-refractivity contribution in [2.75, 3.05) is 24.8 Å². The van der Waals surface area contributed by atoms with Crippen LogP contribution in [0.2, 0.25) is 0 Å². The van der Waals surface area contributed by atoms with Crippen LogP contribution in [0, 0.1) is 0 Å². The standard InChI is InChI=1S/C20H19N3O4/c1-12(24)21-14-10-8-13(9-11-14)17-18(20(26)23(2)19(17)25)22-15-6-4-5-7-16(15)27-3/h4-11,22H,1-3H3,(H,21,24). The van der Waals surface area contributed by atoms with Gasteiger partial charge in [0.15, 0.2) is 0 Å². The van der Waals surface area contributed by atoms with E-state index in [0.29, 0.717) is 22.7 Å². The molecule has 138 valence electrons. The number of benzene rings is 2.